The van der Waals surface area contributed by atoms with Crippen molar-refractivity contribution in [1.82, 2.24) is 0 Å². The van der Waals surface area contributed by atoms with E-state index >= 15 is 0 Å². The topological polar surface area (TPSA) is 79.8 Å². The summed E-state index contributed by atoms with van der Waals surface area (Å²) < 4.78 is 98.2. The molecule has 0 aromatic heterocycles. The Morgan fingerprint density at radius 2 is 1.59 bits per heavy atom. The van der Waals surface area contributed by atoms with Gasteiger partial charge in [0.15, 0.2) is 0 Å². The molecule has 0 atom stereocenters. The minimum atomic E-state index is -6.28. The molecule has 0 aliphatic rings. The second-order valence-electron chi connectivity index (χ2n) is 3.40. The van der Waals surface area contributed by atoms with E-state index in [2.05, 4.69) is 2.51 Å². The fourth-order valence-corrected chi connectivity index (χ4v) is 6.95. The predicted molar refractivity (Wildman–Crippen MR) is 69.9 cm³/mol. The van der Waals surface area contributed by atoms with E-state index in [0.717, 1.165) is 12.1 Å². The molecule has 1 rings (SSSR count). The summed E-state index contributed by atoms with van der Waals surface area (Å²) in [4.78, 5) is 1.91. The summed E-state index contributed by atoms with van der Waals surface area (Å²) in [5.41, 5.74) is 2.54. The number of nitrogens with zero attached hydrogens (tertiary/aromatic N) is 2. The Labute approximate surface area is 127 Å². The van der Waals surface area contributed by atoms with Crippen molar-refractivity contribution in [3.05, 3.63) is 39.4 Å². The summed E-state index contributed by atoms with van der Waals surface area (Å²) in [7, 11) is -6.28. The van der Waals surface area contributed by atoms with Crippen LogP contribution in [-0.2, 0) is 12.6 Å². The molecule has 0 radical (unpaired) electrons. The third-order valence-electron chi connectivity index (χ3n) is 1.85. The second-order valence-corrected chi connectivity index (χ2v) is 9.66. The van der Waals surface area contributed by atoms with Crippen LogP contribution in [0.2, 0.25) is 0 Å². The normalized spacial score (nSPS) is 13.5. The van der Waals surface area contributed by atoms with Crippen LogP contribution >= 0.6 is 20.2 Å². The molecule has 1 aromatic rings. The molecule has 0 bridgehead atoms. The van der Waals surface area contributed by atoms with Crippen molar-refractivity contribution in [3.8, 4) is 0 Å². The Kier molecular flexibility index (Phi) is 5.59. The molecule has 5 nitrogen and oxygen atoms in total. The Hall–Kier alpha value is -1.18. The van der Waals surface area contributed by atoms with Gasteiger partial charge < -0.3 is 0 Å². The van der Waals surface area contributed by atoms with Gasteiger partial charge in [0.25, 0.3) is 0 Å². The van der Waals surface area contributed by atoms with E-state index in [4.69, 9.17) is 5.53 Å². The van der Waals surface area contributed by atoms with Crippen molar-refractivity contribution in [2.24, 2.45) is 0 Å². The average molecular weight is 462 g/mol. The molecule has 0 heterocycles. The molecule has 0 amide bonds. The monoisotopic (exact) mass is 462 g/mol. The Balaban J connectivity index is 3.41. The van der Waals surface area contributed by atoms with Gasteiger partial charge in [-0.3, -0.25) is 0 Å². The molecule has 22 heavy (non-hydrogen) atoms. The number of alkyl halides is 6. The Morgan fingerprint density at radius 3 is 1.95 bits per heavy atom. The molecule has 124 valence electrons. The summed E-state index contributed by atoms with van der Waals surface area (Å²) in [5.74, 6) is 0. The van der Waals surface area contributed by atoms with Gasteiger partial charge in [-0.25, -0.2) is 0 Å². The van der Waals surface area contributed by atoms with Crippen molar-refractivity contribution in [2.45, 2.75) is 11.7 Å². The van der Waals surface area contributed by atoms with Gasteiger partial charge in [-0.1, -0.05) is 0 Å². The third kappa shape index (κ3) is 4.41. The Morgan fingerprint density at radius 1 is 1.09 bits per heavy atom. The maximum atomic E-state index is 12.7. The van der Waals surface area contributed by atoms with Gasteiger partial charge in [0.05, 0.1) is 0 Å². The van der Waals surface area contributed by atoms with Gasteiger partial charge in [0.2, 0.25) is 0 Å². The van der Waals surface area contributed by atoms with Crippen LogP contribution in [0, 0.1) is 3.57 Å². The van der Waals surface area contributed by atoms with Crippen LogP contribution in [0.25, 0.3) is 5.53 Å². The molecule has 0 aliphatic carbocycles. The summed E-state index contributed by atoms with van der Waals surface area (Å²) in [6, 6.07) is 5.60. The van der Waals surface area contributed by atoms with Gasteiger partial charge in [0.1, 0.15) is 0 Å². The molecule has 1 aromatic carbocycles. The van der Waals surface area contributed by atoms with Crippen molar-refractivity contribution in [3.63, 3.8) is 0 Å². The summed E-state index contributed by atoms with van der Waals surface area (Å²) in [5, 5.41) is 0. The van der Waals surface area contributed by atoms with Crippen molar-refractivity contribution in [1.29, 1.82) is 0 Å². The van der Waals surface area contributed by atoms with E-state index in [-0.39, 0.29) is 0 Å². The van der Waals surface area contributed by atoms with E-state index < -0.39 is 49.3 Å². The molecule has 13 heteroatoms. The van der Waals surface area contributed by atoms with Crippen molar-refractivity contribution in [2.75, 3.05) is 0 Å². The van der Waals surface area contributed by atoms with Gasteiger partial charge in [-0.05, 0) is 0 Å². The summed E-state index contributed by atoms with van der Waals surface area (Å²) in [6.45, 7) is 0. The number of benzene rings is 1. The number of halogens is 7. The van der Waals surface area contributed by atoms with Crippen LogP contribution in [0.5, 0.6) is 0 Å². The number of rotatable bonds is 4. The summed E-state index contributed by atoms with van der Waals surface area (Å²) in [6.07, 6.45) is -5.35. The molecule has 0 fully saturated rings. The standard InChI is InChI=1S/C9H5F6IN2O3S/c10-8(11,12)7(18-17)16(6-4-2-1-3-5-6)21-22(19,20)9(13,14)15/h1-5H. The van der Waals surface area contributed by atoms with Gasteiger partial charge in [-0.15, -0.1) is 0 Å². The molecular weight excluding hydrogens is 457 g/mol. The first-order valence-electron chi connectivity index (χ1n) is 4.95. The van der Waals surface area contributed by atoms with Crippen LogP contribution in [0.4, 0.5) is 26.3 Å². The minimum absolute atomic E-state index is 0.440. The first-order valence-corrected chi connectivity index (χ1v) is 9.40. The number of hydrogen-bond donors (Lipinski definition) is 0. The third-order valence-corrected chi connectivity index (χ3v) is 8.81. The molecule has 0 saturated heterocycles. The maximum absolute atomic E-state index is 12.7. The quantitative estimate of drug-likeness (QED) is 0.172. The molecule has 0 saturated carbocycles. The molecule has 0 aliphatic heterocycles. The average Bonchev–Trinajstić information content (AvgIpc) is 2.36. The second kappa shape index (κ2) is 6.52. The zero-order chi connectivity index (χ0) is 17.2. The van der Waals surface area contributed by atoms with E-state index in [1.165, 1.54) is 18.2 Å². The SMILES string of the molecule is [N-]=[N+]=C(I(OS(=O)(=O)C(F)(F)F)c1ccccc1)C(F)(F)F. The van der Waals surface area contributed by atoms with E-state index in [1.54, 1.807) is 0 Å². The van der Waals surface area contributed by atoms with Crippen molar-refractivity contribution >= 4 is 34.1 Å². The fourth-order valence-electron chi connectivity index (χ4n) is 1.01. The van der Waals surface area contributed by atoms with Gasteiger partial charge in [0, 0.05) is 0 Å². The summed E-state index contributed by atoms with van der Waals surface area (Å²) >= 11 is -4.71. The molecular formula is C9H5F6IN2O3S. The van der Waals surface area contributed by atoms with Crippen molar-refractivity contribution < 1.29 is 42.1 Å². The first kappa shape index (κ1) is 18.9. The van der Waals surface area contributed by atoms with Gasteiger partial charge >= 0.3 is 127 Å². The zero-order valence-corrected chi connectivity index (χ0v) is 13.0. The fraction of sp³-hybridized carbons (Fsp3) is 0.222. The molecule has 0 spiro atoms. The van der Waals surface area contributed by atoms with E-state index in [0.29, 0.717) is 0 Å². The molecule has 0 unspecified atom stereocenters. The van der Waals surface area contributed by atoms with E-state index in [1.807, 2.05) is 4.79 Å². The van der Waals surface area contributed by atoms with Crippen LogP contribution in [-0.4, -0.2) is 28.6 Å². The van der Waals surface area contributed by atoms with Crippen LogP contribution in [0.1, 0.15) is 0 Å². The van der Waals surface area contributed by atoms with Crippen LogP contribution < -0.4 is 0 Å². The Bertz CT molecular complexity index is 682. The van der Waals surface area contributed by atoms with Crippen LogP contribution in [0.3, 0.4) is 0 Å². The predicted octanol–water partition coefficient (Wildman–Crippen LogP) is 3.33. The van der Waals surface area contributed by atoms with Crippen LogP contribution in [0.15, 0.2) is 30.3 Å². The number of hydrogen-bond acceptors (Lipinski definition) is 3. The van der Waals surface area contributed by atoms with E-state index in [9.17, 15) is 34.8 Å². The molecule has 0 N–H and O–H groups in total. The first-order chi connectivity index (χ1) is 9.90. The zero-order valence-electron chi connectivity index (χ0n) is 10.1. The van der Waals surface area contributed by atoms with Gasteiger partial charge in [-0.2, -0.15) is 0 Å².